The molecule has 0 radical (unpaired) electrons. The van der Waals surface area contributed by atoms with Gasteiger partial charge in [0.25, 0.3) is 0 Å². The third-order valence-electron chi connectivity index (χ3n) is 2.79. The molecule has 1 aliphatic rings. The molecule has 1 unspecified atom stereocenters. The van der Waals surface area contributed by atoms with E-state index in [1.807, 2.05) is 0 Å². The second kappa shape index (κ2) is 3.48. The Hall–Kier alpha value is -1.04. The van der Waals surface area contributed by atoms with E-state index < -0.39 is 18.0 Å². The number of nitrogens with zero attached hydrogens (tertiary/aromatic N) is 2. The fraction of sp³-hybridized carbons (Fsp3) is 0.700. The molecule has 1 aromatic rings. The molecule has 0 saturated carbocycles. The summed E-state index contributed by atoms with van der Waals surface area (Å²) in [6.45, 7) is 3.50. The van der Waals surface area contributed by atoms with Crippen molar-refractivity contribution in [2.45, 2.75) is 45.0 Å². The third kappa shape index (κ3) is 1.61. The topological polar surface area (TPSA) is 38.0 Å². The Bertz CT molecular complexity index is 409. The average Bonchev–Trinajstić information content (AvgIpc) is 2.65. The Morgan fingerprint density at radius 3 is 2.56 bits per heavy atom. The predicted octanol–water partition coefficient (Wildman–Crippen LogP) is 2.46. The third-order valence-corrected chi connectivity index (χ3v) is 2.79. The molecule has 0 aromatic carbocycles. The van der Waals surface area contributed by atoms with Crippen LogP contribution >= 0.6 is 0 Å². The first-order chi connectivity index (χ1) is 7.32. The van der Waals surface area contributed by atoms with Crippen LogP contribution in [0.3, 0.4) is 0 Å². The quantitative estimate of drug-likeness (QED) is 0.810. The first kappa shape index (κ1) is 11.4. The molecule has 16 heavy (non-hydrogen) atoms. The van der Waals surface area contributed by atoms with Crippen LogP contribution in [0, 0.1) is 0 Å². The van der Waals surface area contributed by atoms with Gasteiger partial charge in [0.15, 0.2) is 5.69 Å². The van der Waals surface area contributed by atoms with Crippen molar-refractivity contribution in [3.63, 3.8) is 0 Å². The van der Waals surface area contributed by atoms with E-state index in [0.29, 0.717) is 12.1 Å². The van der Waals surface area contributed by atoms with E-state index in [1.54, 1.807) is 13.8 Å². The van der Waals surface area contributed by atoms with Crippen LogP contribution in [-0.2, 0) is 12.6 Å². The lowest BCUT2D eigenvalue weighted by molar-refractivity contribution is -0.142. The molecule has 1 N–H and O–H groups in total. The number of aliphatic hydroxyl groups excluding tert-OH is 1. The van der Waals surface area contributed by atoms with E-state index in [-0.39, 0.29) is 18.0 Å². The fourth-order valence-corrected chi connectivity index (χ4v) is 2.12. The summed E-state index contributed by atoms with van der Waals surface area (Å²) in [5.74, 6) is 0. The summed E-state index contributed by atoms with van der Waals surface area (Å²) in [6.07, 6.45) is -4.66. The number of alkyl halides is 3. The molecule has 90 valence electrons. The molecular weight excluding hydrogens is 221 g/mol. The summed E-state index contributed by atoms with van der Waals surface area (Å²) in [5.41, 5.74) is -0.344. The second-order valence-electron chi connectivity index (χ2n) is 4.30. The first-order valence-corrected chi connectivity index (χ1v) is 5.19. The van der Waals surface area contributed by atoms with E-state index in [2.05, 4.69) is 5.10 Å². The van der Waals surface area contributed by atoms with Crippen LogP contribution in [0.5, 0.6) is 0 Å². The normalized spacial score (nSPS) is 20.6. The smallest absolute Gasteiger partial charge is 0.387 e. The summed E-state index contributed by atoms with van der Waals surface area (Å²) < 4.78 is 39.4. The summed E-state index contributed by atoms with van der Waals surface area (Å²) in [4.78, 5) is 0. The molecule has 1 heterocycles. The summed E-state index contributed by atoms with van der Waals surface area (Å²) in [7, 11) is 0. The minimum Gasteiger partial charge on any atom is -0.387 e. The van der Waals surface area contributed by atoms with Gasteiger partial charge in [-0.05, 0) is 26.7 Å². The molecule has 0 saturated heterocycles. The van der Waals surface area contributed by atoms with Gasteiger partial charge in [-0.15, -0.1) is 0 Å². The van der Waals surface area contributed by atoms with Gasteiger partial charge in [0.2, 0.25) is 0 Å². The highest BCUT2D eigenvalue weighted by Crippen LogP contribution is 2.41. The number of fused-ring (bicyclic) bond motifs is 1. The number of rotatable bonds is 1. The van der Waals surface area contributed by atoms with E-state index in [0.717, 1.165) is 0 Å². The number of hydrogen-bond donors (Lipinski definition) is 1. The minimum atomic E-state index is -4.44. The molecule has 0 fully saturated rings. The van der Waals surface area contributed by atoms with Crippen molar-refractivity contribution in [2.75, 3.05) is 0 Å². The highest BCUT2D eigenvalue weighted by molar-refractivity contribution is 5.34. The van der Waals surface area contributed by atoms with Gasteiger partial charge in [0, 0.05) is 11.6 Å². The Morgan fingerprint density at radius 1 is 1.44 bits per heavy atom. The SMILES string of the molecule is CC(C)n1nc(C(F)(F)F)c2c1C(O)CC2. The lowest BCUT2D eigenvalue weighted by Gasteiger charge is -2.12. The molecule has 1 aromatic heterocycles. The van der Waals surface area contributed by atoms with Crippen LogP contribution < -0.4 is 0 Å². The van der Waals surface area contributed by atoms with Gasteiger partial charge < -0.3 is 5.11 Å². The first-order valence-electron chi connectivity index (χ1n) is 5.19. The van der Waals surface area contributed by atoms with E-state index in [1.165, 1.54) is 4.68 Å². The number of aliphatic hydroxyl groups is 1. The van der Waals surface area contributed by atoms with Crippen molar-refractivity contribution >= 4 is 0 Å². The van der Waals surface area contributed by atoms with Crippen molar-refractivity contribution in [3.8, 4) is 0 Å². The van der Waals surface area contributed by atoms with E-state index in [9.17, 15) is 18.3 Å². The van der Waals surface area contributed by atoms with Crippen molar-refractivity contribution in [1.82, 2.24) is 9.78 Å². The van der Waals surface area contributed by atoms with E-state index >= 15 is 0 Å². The molecule has 3 nitrogen and oxygen atoms in total. The van der Waals surface area contributed by atoms with Gasteiger partial charge in [-0.25, -0.2) is 0 Å². The fourth-order valence-electron chi connectivity index (χ4n) is 2.12. The van der Waals surface area contributed by atoms with Crippen LogP contribution in [0.15, 0.2) is 0 Å². The maximum atomic E-state index is 12.7. The molecule has 0 amide bonds. The largest absolute Gasteiger partial charge is 0.435 e. The zero-order valence-corrected chi connectivity index (χ0v) is 9.04. The van der Waals surface area contributed by atoms with Crippen molar-refractivity contribution in [2.24, 2.45) is 0 Å². The summed E-state index contributed by atoms with van der Waals surface area (Å²) in [5, 5.41) is 13.2. The highest BCUT2D eigenvalue weighted by Gasteiger charge is 2.42. The van der Waals surface area contributed by atoms with Crippen molar-refractivity contribution in [3.05, 3.63) is 17.0 Å². The molecule has 0 aliphatic heterocycles. The minimum absolute atomic E-state index is 0.161. The maximum absolute atomic E-state index is 12.7. The Labute approximate surface area is 90.9 Å². The zero-order valence-electron chi connectivity index (χ0n) is 9.04. The summed E-state index contributed by atoms with van der Waals surface area (Å²) >= 11 is 0. The zero-order chi connectivity index (χ0) is 12.1. The van der Waals surface area contributed by atoms with Crippen molar-refractivity contribution in [1.29, 1.82) is 0 Å². The highest BCUT2D eigenvalue weighted by atomic mass is 19.4. The lowest BCUT2D eigenvalue weighted by Crippen LogP contribution is -2.12. The van der Waals surface area contributed by atoms with Crippen LogP contribution in [0.4, 0.5) is 13.2 Å². The monoisotopic (exact) mass is 234 g/mol. The van der Waals surface area contributed by atoms with E-state index in [4.69, 9.17) is 0 Å². The molecule has 0 spiro atoms. The lowest BCUT2D eigenvalue weighted by atomic mass is 10.2. The van der Waals surface area contributed by atoms with Gasteiger partial charge in [0.05, 0.1) is 11.8 Å². The summed E-state index contributed by atoms with van der Waals surface area (Å²) in [6, 6.07) is -0.183. The predicted molar refractivity (Wildman–Crippen MR) is 50.9 cm³/mol. The van der Waals surface area contributed by atoms with Gasteiger partial charge in [-0.2, -0.15) is 18.3 Å². The molecule has 6 heteroatoms. The molecule has 2 rings (SSSR count). The van der Waals surface area contributed by atoms with Crippen LogP contribution in [0.25, 0.3) is 0 Å². The van der Waals surface area contributed by atoms with Crippen molar-refractivity contribution < 1.29 is 18.3 Å². The van der Waals surface area contributed by atoms with Crippen LogP contribution in [0.2, 0.25) is 0 Å². The number of halogens is 3. The standard InChI is InChI=1S/C10H13F3N2O/c1-5(2)15-8-6(3-4-7(8)16)9(14-15)10(11,12)13/h5,7,16H,3-4H2,1-2H3. The molecule has 1 atom stereocenters. The number of aromatic nitrogens is 2. The van der Waals surface area contributed by atoms with Gasteiger partial charge in [0.1, 0.15) is 0 Å². The molecule has 0 bridgehead atoms. The van der Waals surface area contributed by atoms with Gasteiger partial charge in [-0.3, -0.25) is 4.68 Å². The Balaban J connectivity index is 2.59. The second-order valence-corrected chi connectivity index (χ2v) is 4.30. The number of hydrogen-bond acceptors (Lipinski definition) is 2. The molecule has 1 aliphatic carbocycles. The average molecular weight is 234 g/mol. The van der Waals surface area contributed by atoms with Gasteiger partial charge in [-0.1, -0.05) is 0 Å². The van der Waals surface area contributed by atoms with Gasteiger partial charge >= 0.3 is 6.18 Å². The Kier molecular flexibility index (Phi) is 2.49. The maximum Gasteiger partial charge on any atom is 0.435 e. The molecular formula is C10H13F3N2O. The van der Waals surface area contributed by atoms with Crippen LogP contribution in [0.1, 0.15) is 49.4 Å². The Morgan fingerprint density at radius 2 is 2.06 bits per heavy atom. The van der Waals surface area contributed by atoms with Crippen LogP contribution in [-0.4, -0.2) is 14.9 Å².